The minimum atomic E-state index is -3.73. The van der Waals surface area contributed by atoms with Crippen LogP contribution in [0.15, 0.2) is 83.8 Å². The van der Waals surface area contributed by atoms with Crippen LogP contribution in [-0.4, -0.2) is 38.8 Å². The Morgan fingerprint density at radius 2 is 1.65 bits per heavy atom. The number of ether oxygens (including phenoxy) is 1. The maximum atomic E-state index is 13.5. The maximum Gasteiger partial charge on any atom is 0.243 e. The molecule has 0 spiro atoms. The number of benzene rings is 3. The lowest BCUT2D eigenvalue weighted by Crippen LogP contribution is -2.46. The first-order valence-electron chi connectivity index (χ1n) is 11.1. The third-order valence-corrected chi connectivity index (χ3v) is 7.95. The predicted octanol–water partition coefficient (Wildman–Crippen LogP) is 4.14. The summed E-state index contributed by atoms with van der Waals surface area (Å²) in [7, 11) is -2.22. The van der Waals surface area contributed by atoms with Crippen LogP contribution in [0.3, 0.4) is 0 Å². The zero-order valence-electron chi connectivity index (χ0n) is 18.9. The molecule has 1 saturated heterocycles. The van der Waals surface area contributed by atoms with E-state index in [2.05, 4.69) is 5.32 Å². The second kappa shape index (κ2) is 10.4. The Morgan fingerprint density at radius 3 is 2.29 bits per heavy atom. The summed E-state index contributed by atoms with van der Waals surface area (Å²) in [5, 5.41) is 3.07. The van der Waals surface area contributed by atoms with Gasteiger partial charge in [0.05, 0.1) is 24.0 Å². The van der Waals surface area contributed by atoms with Crippen molar-refractivity contribution in [3.05, 3.63) is 95.8 Å². The molecule has 4 rings (SSSR count). The van der Waals surface area contributed by atoms with Gasteiger partial charge in [-0.3, -0.25) is 4.79 Å². The molecule has 0 saturated carbocycles. The van der Waals surface area contributed by atoms with Gasteiger partial charge >= 0.3 is 0 Å². The molecule has 2 atom stereocenters. The summed E-state index contributed by atoms with van der Waals surface area (Å²) in [6, 6.07) is 21.2. The van der Waals surface area contributed by atoms with E-state index in [1.807, 2.05) is 30.3 Å². The average molecular weight is 483 g/mol. The highest BCUT2D eigenvalue weighted by molar-refractivity contribution is 7.89. The molecule has 3 aromatic rings. The van der Waals surface area contributed by atoms with E-state index in [0.29, 0.717) is 25.1 Å². The standard InChI is InChI=1S/C26H27FN2O4S/c1-33-23-13-15-24(16-14-23)34(31,32)29-17-5-8-21(18-29)26(30)28-25(19-6-3-2-4-7-19)20-9-11-22(27)12-10-20/h2-4,6-7,9-16,21,25H,5,8,17-18H2,1H3,(H,28,30). The quantitative estimate of drug-likeness (QED) is 0.549. The van der Waals surface area contributed by atoms with Gasteiger partial charge < -0.3 is 10.1 Å². The molecule has 1 aliphatic rings. The van der Waals surface area contributed by atoms with E-state index in [-0.39, 0.29) is 23.2 Å². The molecule has 1 fully saturated rings. The Labute approximate surface area is 199 Å². The predicted molar refractivity (Wildman–Crippen MR) is 127 cm³/mol. The molecule has 0 aliphatic carbocycles. The summed E-state index contributed by atoms with van der Waals surface area (Å²) in [6.45, 7) is 0.462. The van der Waals surface area contributed by atoms with E-state index in [4.69, 9.17) is 4.74 Å². The second-order valence-electron chi connectivity index (χ2n) is 8.28. The Hall–Kier alpha value is -3.23. The zero-order valence-corrected chi connectivity index (χ0v) is 19.7. The normalized spacial score (nSPS) is 17.6. The molecular weight excluding hydrogens is 455 g/mol. The van der Waals surface area contributed by atoms with Crippen molar-refractivity contribution in [3.63, 3.8) is 0 Å². The minimum Gasteiger partial charge on any atom is -0.497 e. The topological polar surface area (TPSA) is 75.7 Å². The van der Waals surface area contributed by atoms with Crippen LogP contribution < -0.4 is 10.1 Å². The first-order valence-corrected chi connectivity index (χ1v) is 12.6. The average Bonchev–Trinajstić information content (AvgIpc) is 2.88. The monoisotopic (exact) mass is 482 g/mol. The van der Waals surface area contributed by atoms with Crippen molar-refractivity contribution in [2.75, 3.05) is 20.2 Å². The molecule has 0 aromatic heterocycles. The number of piperidine rings is 1. The first kappa shape index (κ1) is 23.9. The summed E-state index contributed by atoms with van der Waals surface area (Å²) >= 11 is 0. The van der Waals surface area contributed by atoms with E-state index in [1.54, 1.807) is 24.3 Å². The fraction of sp³-hybridized carbons (Fsp3) is 0.269. The van der Waals surface area contributed by atoms with Crippen LogP contribution in [0.25, 0.3) is 0 Å². The lowest BCUT2D eigenvalue weighted by atomic mass is 9.95. The number of hydrogen-bond donors (Lipinski definition) is 1. The molecule has 178 valence electrons. The van der Waals surface area contributed by atoms with Crippen LogP contribution in [0.4, 0.5) is 4.39 Å². The van der Waals surface area contributed by atoms with Gasteiger partial charge in [-0.1, -0.05) is 42.5 Å². The van der Waals surface area contributed by atoms with Crippen molar-refractivity contribution in [3.8, 4) is 5.75 Å². The van der Waals surface area contributed by atoms with Crippen LogP contribution in [0.1, 0.15) is 30.0 Å². The van der Waals surface area contributed by atoms with Crippen LogP contribution in [-0.2, 0) is 14.8 Å². The highest BCUT2D eigenvalue weighted by atomic mass is 32.2. The number of nitrogens with zero attached hydrogens (tertiary/aromatic N) is 1. The largest absolute Gasteiger partial charge is 0.497 e. The number of hydrogen-bond acceptors (Lipinski definition) is 4. The molecule has 34 heavy (non-hydrogen) atoms. The van der Waals surface area contributed by atoms with E-state index in [1.165, 1.54) is 35.7 Å². The molecule has 3 aromatic carbocycles. The smallest absolute Gasteiger partial charge is 0.243 e. The van der Waals surface area contributed by atoms with Crippen molar-refractivity contribution in [1.82, 2.24) is 9.62 Å². The molecular formula is C26H27FN2O4S. The Morgan fingerprint density at radius 1 is 1.00 bits per heavy atom. The van der Waals surface area contributed by atoms with Gasteiger partial charge in [-0.25, -0.2) is 12.8 Å². The van der Waals surface area contributed by atoms with Crippen LogP contribution in [0.5, 0.6) is 5.75 Å². The number of carbonyl (C=O) groups excluding carboxylic acids is 1. The summed E-state index contributed by atoms with van der Waals surface area (Å²) in [4.78, 5) is 13.5. The molecule has 2 unspecified atom stereocenters. The van der Waals surface area contributed by atoms with Crippen molar-refractivity contribution < 1.29 is 22.3 Å². The van der Waals surface area contributed by atoms with Gasteiger partial charge in [-0.2, -0.15) is 4.31 Å². The van der Waals surface area contributed by atoms with E-state index < -0.39 is 22.0 Å². The summed E-state index contributed by atoms with van der Waals surface area (Å²) in [6.07, 6.45) is 1.17. The van der Waals surface area contributed by atoms with E-state index in [0.717, 1.165) is 11.1 Å². The maximum absolute atomic E-state index is 13.5. The van der Waals surface area contributed by atoms with Gasteiger partial charge in [0.25, 0.3) is 0 Å². The molecule has 1 heterocycles. The molecule has 1 N–H and O–H groups in total. The number of rotatable bonds is 7. The Balaban J connectivity index is 1.52. The van der Waals surface area contributed by atoms with E-state index >= 15 is 0 Å². The first-order chi connectivity index (χ1) is 16.4. The lowest BCUT2D eigenvalue weighted by molar-refractivity contribution is -0.126. The minimum absolute atomic E-state index is 0.102. The van der Waals surface area contributed by atoms with Gasteiger partial charge in [0.1, 0.15) is 11.6 Å². The number of sulfonamides is 1. The van der Waals surface area contributed by atoms with Crippen molar-refractivity contribution >= 4 is 15.9 Å². The van der Waals surface area contributed by atoms with Gasteiger partial charge in [0.15, 0.2) is 0 Å². The number of amides is 1. The van der Waals surface area contributed by atoms with Crippen LogP contribution in [0, 0.1) is 11.7 Å². The number of halogens is 1. The fourth-order valence-corrected chi connectivity index (χ4v) is 5.72. The second-order valence-corrected chi connectivity index (χ2v) is 10.2. The lowest BCUT2D eigenvalue weighted by Gasteiger charge is -2.32. The summed E-state index contributed by atoms with van der Waals surface area (Å²) in [5.74, 6) is -0.502. The zero-order chi connectivity index (χ0) is 24.1. The van der Waals surface area contributed by atoms with Gasteiger partial charge in [0.2, 0.25) is 15.9 Å². The molecule has 1 amide bonds. The molecule has 8 heteroatoms. The third-order valence-electron chi connectivity index (χ3n) is 6.07. The Bertz CT molecular complexity index is 1220. The highest BCUT2D eigenvalue weighted by Crippen LogP contribution is 2.27. The molecule has 1 aliphatic heterocycles. The molecule has 0 bridgehead atoms. The Kier molecular flexibility index (Phi) is 7.29. The number of nitrogens with one attached hydrogen (secondary N) is 1. The van der Waals surface area contributed by atoms with Crippen LogP contribution >= 0.6 is 0 Å². The van der Waals surface area contributed by atoms with Crippen molar-refractivity contribution in [2.45, 2.75) is 23.8 Å². The SMILES string of the molecule is COc1ccc(S(=O)(=O)N2CCCC(C(=O)NC(c3ccccc3)c3ccc(F)cc3)C2)cc1. The fourth-order valence-electron chi connectivity index (χ4n) is 4.19. The van der Waals surface area contributed by atoms with Gasteiger partial charge in [0, 0.05) is 13.1 Å². The number of methoxy groups -OCH3 is 1. The summed E-state index contributed by atoms with van der Waals surface area (Å²) in [5.41, 5.74) is 1.61. The summed E-state index contributed by atoms with van der Waals surface area (Å²) < 4.78 is 46.3. The van der Waals surface area contributed by atoms with Crippen molar-refractivity contribution in [2.24, 2.45) is 5.92 Å². The highest BCUT2D eigenvalue weighted by Gasteiger charge is 2.34. The molecule has 6 nitrogen and oxygen atoms in total. The van der Waals surface area contributed by atoms with Crippen molar-refractivity contribution in [1.29, 1.82) is 0 Å². The van der Waals surface area contributed by atoms with Crippen LogP contribution in [0.2, 0.25) is 0 Å². The van der Waals surface area contributed by atoms with Gasteiger partial charge in [-0.05, 0) is 60.4 Å². The van der Waals surface area contributed by atoms with E-state index in [9.17, 15) is 17.6 Å². The van der Waals surface area contributed by atoms with Gasteiger partial charge in [-0.15, -0.1) is 0 Å². The third kappa shape index (κ3) is 5.29. The number of carbonyl (C=O) groups is 1. The molecule has 0 radical (unpaired) electrons.